The highest BCUT2D eigenvalue weighted by Gasteiger charge is 2.32. The molecule has 0 aromatic heterocycles. The molecule has 7 nitrogen and oxygen atoms in total. The van der Waals surface area contributed by atoms with E-state index in [1.165, 1.54) is 24.3 Å². The van der Waals surface area contributed by atoms with Crippen LogP contribution in [0.1, 0.15) is 25.3 Å². The summed E-state index contributed by atoms with van der Waals surface area (Å²) in [4.78, 5) is 15.7. The molecule has 158 valence electrons. The summed E-state index contributed by atoms with van der Waals surface area (Å²) in [5.41, 5.74) is 6.49. The highest BCUT2D eigenvalue weighted by Crippen LogP contribution is 2.32. The summed E-state index contributed by atoms with van der Waals surface area (Å²) in [6, 6.07) is 5.29. The summed E-state index contributed by atoms with van der Waals surface area (Å²) in [6.07, 6.45) is -3.12. The molecule has 0 saturated heterocycles. The highest BCUT2D eigenvalue weighted by atomic mass is 127. The van der Waals surface area contributed by atoms with Crippen LogP contribution in [-0.4, -0.2) is 37.6 Å². The summed E-state index contributed by atoms with van der Waals surface area (Å²) >= 11 is 0. The van der Waals surface area contributed by atoms with Gasteiger partial charge in [0.15, 0.2) is 5.96 Å². The van der Waals surface area contributed by atoms with Crippen molar-refractivity contribution >= 4 is 36.0 Å². The molecule has 11 heteroatoms. The smallest absolute Gasteiger partial charge is 0.450 e. The number of nitrogens with one attached hydrogen (secondary N) is 2. The van der Waals surface area contributed by atoms with E-state index in [4.69, 9.17) is 10.5 Å². The fraction of sp³-hybridized carbons (Fsp3) is 0.529. The van der Waals surface area contributed by atoms with Crippen molar-refractivity contribution < 1.29 is 27.4 Å². The van der Waals surface area contributed by atoms with Crippen molar-refractivity contribution in [3.05, 3.63) is 29.8 Å². The average molecular weight is 516 g/mol. The second-order valence-electron chi connectivity index (χ2n) is 6.08. The van der Waals surface area contributed by atoms with Crippen LogP contribution in [0.4, 0.5) is 18.0 Å². The molecule has 0 bridgehead atoms. The van der Waals surface area contributed by atoms with Gasteiger partial charge < -0.3 is 25.8 Å². The minimum Gasteiger partial charge on any atom is -0.450 e. The maximum absolute atomic E-state index is 12.1. The lowest BCUT2D eigenvalue weighted by Gasteiger charge is -2.18. The largest absolute Gasteiger partial charge is 0.573 e. The number of amides is 1. The third-order valence-electron chi connectivity index (χ3n) is 3.86. The second-order valence-corrected chi connectivity index (χ2v) is 6.08. The van der Waals surface area contributed by atoms with Crippen LogP contribution in [0.25, 0.3) is 0 Å². The molecule has 0 heterocycles. The van der Waals surface area contributed by atoms with Gasteiger partial charge in [0.1, 0.15) is 5.75 Å². The number of benzene rings is 1. The van der Waals surface area contributed by atoms with Crippen LogP contribution in [0, 0.1) is 5.92 Å². The van der Waals surface area contributed by atoms with Gasteiger partial charge in [-0.3, -0.25) is 0 Å². The van der Waals surface area contributed by atoms with E-state index in [9.17, 15) is 18.0 Å². The molecule has 1 amide bonds. The van der Waals surface area contributed by atoms with Gasteiger partial charge in [0, 0.05) is 6.54 Å². The van der Waals surface area contributed by atoms with Gasteiger partial charge in [-0.1, -0.05) is 12.1 Å². The normalized spacial score (nSPS) is 15.2. The summed E-state index contributed by atoms with van der Waals surface area (Å²) < 4.78 is 45.1. The third kappa shape index (κ3) is 9.33. The number of hydrogen-bond acceptors (Lipinski definition) is 4. The summed E-state index contributed by atoms with van der Waals surface area (Å²) in [7, 11) is 0. The van der Waals surface area contributed by atoms with Gasteiger partial charge in [-0.15, -0.1) is 37.1 Å². The zero-order valence-corrected chi connectivity index (χ0v) is 17.6. The number of hydrogen-bond donors (Lipinski definition) is 3. The SMILES string of the molecule is CCOC(=O)NC(CNC(N)=NCc1ccc(OC(F)(F)F)cc1)C1CC1.I. The van der Waals surface area contributed by atoms with Crippen molar-refractivity contribution in [1.82, 2.24) is 10.6 Å². The molecule has 0 radical (unpaired) electrons. The molecule has 1 aliphatic rings. The van der Waals surface area contributed by atoms with Crippen molar-refractivity contribution in [1.29, 1.82) is 0 Å². The van der Waals surface area contributed by atoms with E-state index in [1.807, 2.05) is 0 Å². The van der Waals surface area contributed by atoms with Crippen molar-refractivity contribution in [3.63, 3.8) is 0 Å². The average Bonchev–Trinajstić information content (AvgIpc) is 3.42. The molecule has 1 aromatic carbocycles. The van der Waals surface area contributed by atoms with Gasteiger partial charge >= 0.3 is 12.5 Å². The van der Waals surface area contributed by atoms with E-state index >= 15 is 0 Å². The Hall–Kier alpha value is -1.92. The number of ether oxygens (including phenoxy) is 2. The van der Waals surface area contributed by atoms with E-state index in [2.05, 4.69) is 20.4 Å². The van der Waals surface area contributed by atoms with E-state index in [1.54, 1.807) is 6.92 Å². The van der Waals surface area contributed by atoms with Crippen molar-refractivity contribution in [2.45, 2.75) is 38.7 Å². The Labute approximate surface area is 178 Å². The number of guanidine groups is 1. The molecule has 1 saturated carbocycles. The highest BCUT2D eigenvalue weighted by molar-refractivity contribution is 14.0. The van der Waals surface area contributed by atoms with Crippen LogP contribution in [0.15, 0.2) is 29.3 Å². The van der Waals surface area contributed by atoms with Gasteiger partial charge in [-0.05, 0) is 43.4 Å². The molecule has 1 aromatic rings. The molecule has 1 atom stereocenters. The molecule has 1 unspecified atom stereocenters. The number of alkyl halides is 3. The Morgan fingerprint density at radius 2 is 1.96 bits per heavy atom. The van der Waals surface area contributed by atoms with Crippen LogP contribution >= 0.6 is 24.0 Å². The topological polar surface area (TPSA) is 98.0 Å². The number of nitrogens with two attached hydrogens (primary N) is 1. The molecule has 2 rings (SSSR count). The fourth-order valence-corrected chi connectivity index (χ4v) is 2.40. The number of rotatable bonds is 8. The monoisotopic (exact) mass is 516 g/mol. The predicted molar refractivity (Wildman–Crippen MR) is 109 cm³/mol. The minimum absolute atomic E-state index is 0. The zero-order valence-electron chi connectivity index (χ0n) is 15.3. The lowest BCUT2D eigenvalue weighted by Crippen LogP contribution is -2.47. The lowest BCUT2D eigenvalue weighted by molar-refractivity contribution is -0.274. The van der Waals surface area contributed by atoms with Gasteiger partial charge in [0.25, 0.3) is 0 Å². The van der Waals surface area contributed by atoms with E-state index in [-0.39, 0.29) is 48.3 Å². The molecule has 4 N–H and O–H groups in total. The van der Waals surface area contributed by atoms with Crippen LogP contribution in [0.5, 0.6) is 5.75 Å². The molecular formula is C17H24F3IN4O3. The number of aliphatic imine (C=N–C) groups is 1. The first-order chi connectivity index (χ1) is 12.8. The Bertz CT molecular complexity index is 652. The van der Waals surface area contributed by atoms with E-state index in [0.717, 1.165) is 12.8 Å². The first-order valence-electron chi connectivity index (χ1n) is 8.58. The molecular weight excluding hydrogens is 492 g/mol. The Balaban J connectivity index is 0.00000392. The predicted octanol–water partition coefficient (Wildman–Crippen LogP) is 3.13. The molecule has 28 heavy (non-hydrogen) atoms. The van der Waals surface area contributed by atoms with Crippen LogP contribution in [0.2, 0.25) is 0 Å². The number of halogens is 4. The number of carbonyl (C=O) groups is 1. The number of nitrogens with zero attached hydrogens (tertiary/aromatic N) is 1. The Morgan fingerprint density at radius 1 is 1.32 bits per heavy atom. The standard InChI is InChI=1S/C17H23F3N4O3.HI/c1-2-26-16(25)24-14(12-5-6-12)10-23-15(21)22-9-11-3-7-13(8-4-11)27-17(18,19)20;/h3-4,7-8,12,14H,2,5-6,9-10H2,1H3,(H,24,25)(H3,21,22,23);1H. The van der Waals surface area contributed by atoms with Crippen LogP contribution in [-0.2, 0) is 11.3 Å². The van der Waals surface area contributed by atoms with Gasteiger partial charge in [-0.2, -0.15) is 0 Å². The van der Waals surface area contributed by atoms with E-state index < -0.39 is 12.5 Å². The Kier molecular flexibility index (Phi) is 9.62. The molecule has 0 aliphatic heterocycles. The first-order valence-corrected chi connectivity index (χ1v) is 8.58. The van der Waals surface area contributed by atoms with Crippen molar-refractivity contribution in [2.24, 2.45) is 16.6 Å². The van der Waals surface area contributed by atoms with Gasteiger partial charge in [0.2, 0.25) is 0 Å². The third-order valence-corrected chi connectivity index (χ3v) is 3.86. The summed E-state index contributed by atoms with van der Waals surface area (Å²) in [5, 5.41) is 5.74. The van der Waals surface area contributed by atoms with Gasteiger partial charge in [-0.25, -0.2) is 9.79 Å². The lowest BCUT2D eigenvalue weighted by atomic mass is 10.2. The van der Waals surface area contributed by atoms with Crippen LogP contribution < -0.4 is 21.1 Å². The quantitative estimate of drug-likeness (QED) is 0.280. The number of carbonyl (C=O) groups excluding carboxylic acids is 1. The Morgan fingerprint density at radius 3 is 2.50 bits per heavy atom. The number of alkyl carbamates (subject to hydrolysis) is 1. The van der Waals surface area contributed by atoms with E-state index in [0.29, 0.717) is 24.6 Å². The summed E-state index contributed by atoms with van der Waals surface area (Å²) in [6.45, 7) is 2.64. The molecule has 1 aliphatic carbocycles. The van der Waals surface area contributed by atoms with Crippen LogP contribution in [0.3, 0.4) is 0 Å². The maximum Gasteiger partial charge on any atom is 0.573 e. The van der Waals surface area contributed by atoms with Gasteiger partial charge in [0.05, 0.1) is 19.2 Å². The van der Waals surface area contributed by atoms with Crippen molar-refractivity contribution in [2.75, 3.05) is 13.2 Å². The molecule has 0 spiro atoms. The second kappa shape index (κ2) is 11.2. The molecule has 1 fully saturated rings. The summed E-state index contributed by atoms with van der Waals surface area (Å²) in [5.74, 6) is 0.274. The maximum atomic E-state index is 12.1. The minimum atomic E-state index is -4.72. The fourth-order valence-electron chi connectivity index (χ4n) is 2.40. The van der Waals surface area contributed by atoms with Crippen molar-refractivity contribution in [3.8, 4) is 5.75 Å². The zero-order chi connectivity index (χ0) is 19.9. The first kappa shape index (κ1) is 24.1.